The molecule has 1 fully saturated rings. The van der Waals surface area contributed by atoms with Crippen LogP contribution in [0.4, 0.5) is 5.69 Å². The molecule has 7 unspecified atom stereocenters. The summed E-state index contributed by atoms with van der Waals surface area (Å²) in [6.45, 7) is 8.38. The molecule has 0 spiro atoms. The van der Waals surface area contributed by atoms with Crippen molar-refractivity contribution < 1.29 is 24.0 Å². The van der Waals surface area contributed by atoms with Crippen molar-refractivity contribution in [1.82, 2.24) is 4.72 Å². The third-order valence-electron chi connectivity index (χ3n) is 9.42. The van der Waals surface area contributed by atoms with E-state index < -0.39 is 11.0 Å². The number of amides is 1. The Kier molecular flexibility index (Phi) is 12.1. The average Bonchev–Trinajstić information content (AvgIpc) is 3.18. The number of anilines is 1. The van der Waals surface area contributed by atoms with Crippen LogP contribution in [0.3, 0.4) is 0 Å². The Bertz CT molecular complexity index is 1300. The van der Waals surface area contributed by atoms with E-state index in [1.54, 1.807) is 6.07 Å². The molecule has 3 N–H and O–H groups in total. The summed E-state index contributed by atoms with van der Waals surface area (Å²) in [6.07, 6.45) is 9.24. The minimum Gasteiger partial charge on any atom is -0.491 e. The standard InChI is InChI=1S/C33H43ClN2O4S.CH4O/c1-4-6-23-15-28(34)11-13-29(23)27-18-36-17-25-9-12-30(25)26(19-37)8-5-7-21(2)22(3)41(39)35-33(38)24-10-14-32(40-20-27)31(36)16-24;1-2/h5,8,10-11,13-16,21-22,25-27,30,37H,4,6-7,9,12,17-20H2,1-3H3,(H,35,38);2H,1H3/b8-5+;. The van der Waals surface area contributed by atoms with Crippen LogP contribution in [0.15, 0.2) is 48.6 Å². The predicted molar refractivity (Wildman–Crippen MR) is 175 cm³/mol. The van der Waals surface area contributed by atoms with Gasteiger partial charge in [0, 0.05) is 49.2 Å². The van der Waals surface area contributed by atoms with Crippen LogP contribution in [0.25, 0.3) is 0 Å². The lowest BCUT2D eigenvalue weighted by Crippen LogP contribution is -2.43. The zero-order valence-electron chi connectivity index (χ0n) is 25.8. The highest BCUT2D eigenvalue weighted by Crippen LogP contribution is 2.44. The lowest BCUT2D eigenvalue weighted by Gasteiger charge is -2.44. The number of nitrogens with one attached hydrogen (secondary N) is 1. The topological polar surface area (TPSA) is 99.1 Å². The number of fused-ring (bicyclic) bond motifs is 2. The number of carbonyl (C=O) groups excluding carboxylic acids is 1. The van der Waals surface area contributed by atoms with Crippen molar-refractivity contribution >= 4 is 34.2 Å². The quantitative estimate of drug-likeness (QED) is 0.364. The first-order chi connectivity index (χ1) is 20.8. The normalized spacial score (nSPS) is 29.9. The van der Waals surface area contributed by atoms with Gasteiger partial charge in [0.05, 0.1) is 17.5 Å². The summed E-state index contributed by atoms with van der Waals surface area (Å²) in [5.74, 6) is 1.60. The SMILES string of the molecule is CCCc1cc(Cl)ccc1C1COc2ccc3cc2N(C1)CC1CCC1C(CO)/C=C/CC(C)C(C)S(=O)NC3=O.CO. The summed E-state index contributed by atoms with van der Waals surface area (Å²) in [6, 6.07) is 11.7. The summed E-state index contributed by atoms with van der Waals surface area (Å²) in [4.78, 5) is 15.7. The Morgan fingerprint density at radius 3 is 2.60 bits per heavy atom. The predicted octanol–water partition coefficient (Wildman–Crippen LogP) is 5.90. The lowest BCUT2D eigenvalue weighted by atomic mass is 9.66. The van der Waals surface area contributed by atoms with E-state index in [4.69, 9.17) is 21.4 Å². The van der Waals surface area contributed by atoms with Crippen molar-refractivity contribution in [3.63, 3.8) is 0 Å². The van der Waals surface area contributed by atoms with Gasteiger partial charge in [-0.05, 0) is 91.8 Å². The van der Waals surface area contributed by atoms with E-state index in [1.165, 1.54) is 11.1 Å². The molecule has 7 nitrogen and oxygen atoms in total. The van der Waals surface area contributed by atoms with Crippen LogP contribution in [-0.4, -0.2) is 59.0 Å². The number of aliphatic hydroxyl groups excluding tert-OH is 2. The van der Waals surface area contributed by atoms with Gasteiger partial charge >= 0.3 is 0 Å². The molecule has 2 aliphatic heterocycles. The highest BCUT2D eigenvalue weighted by atomic mass is 35.5. The second kappa shape index (κ2) is 15.6. The Hall–Kier alpha value is -2.39. The monoisotopic (exact) mass is 630 g/mol. The summed E-state index contributed by atoms with van der Waals surface area (Å²) < 4.78 is 22.3. The molecule has 2 aromatic carbocycles. The van der Waals surface area contributed by atoms with Crippen molar-refractivity contribution in [1.29, 1.82) is 0 Å². The van der Waals surface area contributed by atoms with Crippen molar-refractivity contribution in [2.75, 3.05) is 38.3 Å². The molecular formula is C34H47ClN2O5S. The maximum absolute atomic E-state index is 13.3. The molecule has 2 heterocycles. The van der Waals surface area contributed by atoms with Crippen molar-refractivity contribution in [3.8, 4) is 5.75 Å². The number of rotatable bonds is 4. The molecule has 1 aliphatic carbocycles. The maximum Gasteiger partial charge on any atom is 0.263 e. The highest BCUT2D eigenvalue weighted by Gasteiger charge is 2.38. The van der Waals surface area contributed by atoms with Crippen LogP contribution >= 0.6 is 11.6 Å². The average molecular weight is 631 g/mol. The van der Waals surface area contributed by atoms with Gasteiger partial charge in [-0.2, -0.15) is 0 Å². The molecule has 7 atom stereocenters. The fraction of sp³-hybridized carbons (Fsp3) is 0.559. The van der Waals surface area contributed by atoms with E-state index in [-0.39, 0.29) is 35.5 Å². The van der Waals surface area contributed by atoms with E-state index in [1.807, 2.05) is 25.1 Å². The zero-order chi connectivity index (χ0) is 31.1. The lowest BCUT2D eigenvalue weighted by molar-refractivity contribution is 0.0902. The van der Waals surface area contributed by atoms with E-state index >= 15 is 0 Å². The van der Waals surface area contributed by atoms with Gasteiger partial charge in [0.25, 0.3) is 5.91 Å². The van der Waals surface area contributed by atoms with E-state index in [0.717, 1.165) is 68.8 Å². The number of ether oxygens (including phenoxy) is 1. The first kappa shape index (κ1) is 33.5. The number of allylic oxidation sites excluding steroid dienone is 1. The number of nitrogens with zero attached hydrogens (tertiary/aromatic N) is 1. The van der Waals surface area contributed by atoms with Gasteiger partial charge < -0.3 is 19.8 Å². The summed E-state index contributed by atoms with van der Waals surface area (Å²) in [5.41, 5.74) is 3.89. The van der Waals surface area contributed by atoms with Gasteiger partial charge in [0.15, 0.2) is 0 Å². The number of aryl methyl sites for hydroxylation is 1. The fourth-order valence-corrected chi connectivity index (χ4v) is 7.79. The van der Waals surface area contributed by atoms with Crippen LogP contribution < -0.4 is 14.4 Å². The Balaban J connectivity index is 0.00000207. The zero-order valence-corrected chi connectivity index (χ0v) is 27.4. The van der Waals surface area contributed by atoms with Gasteiger partial charge in [0.2, 0.25) is 0 Å². The molecular weight excluding hydrogens is 584 g/mol. The number of carbonyl (C=O) groups is 1. The Morgan fingerprint density at radius 2 is 1.91 bits per heavy atom. The molecule has 1 amide bonds. The third kappa shape index (κ3) is 7.83. The number of aliphatic hydroxyl groups is 2. The molecule has 2 bridgehead atoms. The van der Waals surface area contributed by atoms with Gasteiger partial charge in [0.1, 0.15) is 16.7 Å². The molecule has 43 heavy (non-hydrogen) atoms. The first-order valence-corrected chi connectivity index (χ1v) is 17.1. The molecule has 0 aromatic heterocycles. The largest absolute Gasteiger partial charge is 0.491 e. The number of benzene rings is 2. The van der Waals surface area contributed by atoms with E-state index in [0.29, 0.717) is 24.0 Å². The summed E-state index contributed by atoms with van der Waals surface area (Å²) in [5, 5.41) is 17.9. The van der Waals surface area contributed by atoms with Crippen molar-refractivity contribution in [2.24, 2.45) is 23.7 Å². The summed E-state index contributed by atoms with van der Waals surface area (Å²) in [7, 11) is -0.521. The number of hydrogen-bond acceptors (Lipinski definition) is 6. The fourth-order valence-electron chi connectivity index (χ4n) is 6.58. The molecule has 2 aromatic rings. The van der Waals surface area contributed by atoms with Gasteiger partial charge in [-0.25, -0.2) is 4.21 Å². The Morgan fingerprint density at radius 1 is 1.12 bits per heavy atom. The molecule has 236 valence electrons. The van der Waals surface area contributed by atoms with Crippen molar-refractivity contribution in [3.05, 3.63) is 70.3 Å². The molecule has 0 saturated heterocycles. The molecule has 5 rings (SSSR count). The van der Waals surface area contributed by atoms with Crippen LogP contribution in [0.2, 0.25) is 5.02 Å². The van der Waals surface area contributed by atoms with Gasteiger partial charge in [-0.15, -0.1) is 0 Å². The smallest absolute Gasteiger partial charge is 0.263 e. The van der Waals surface area contributed by atoms with Crippen LogP contribution in [0.5, 0.6) is 5.75 Å². The molecule has 0 radical (unpaired) electrons. The second-order valence-corrected chi connectivity index (χ2v) is 14.1. The van der Waals surface area contributed by atoms with Crippen LogP contribution in [0, 0.1) is 23.7 Å². The summed E-state index contributed by atoms with van der Waals surface area (Å²) >= 11 is 6.39. The maximum atomic E-state index is 13.3. The van der Waals surface area contributed by atoms with E-state index in [9.17, 15) is 14.1 Å². The van der Waals surface area contributed by atoms with Crippen LogP contribution in [-0.2, 0) is 17.4 Å². The third-order valence-corrected chi connectivity index (χ3v) is 11.2. The number of halogens is 1. The van der Waals surface area contributed by atoms with Crippen LogP contribution in [0.1, 0.15) is 73.9 Å². The molecule has 9 heteroatoms. The molecule has 3 aliphatic rings. The number of hydrogen-bond donors (Lipinski definition) is 3. The molecule has 1 saturated carbocycles. The Labute approximate surface area is 264 Å². The first-order valence-electron chi connectivity index (χ1n) is 15.5. The minimum absolute atomic E-state index is 0.103. The van der Waals surface area contributed by atoms with E-state index in [2.05, 4.69) is 47.8 Å². The van der Waals surface area contributed by atoms with Crippen molar-refractivity contribution in [2.45, 2.75) is 64.0 Å². The van der Waals surface area contributed by atoms with Gasteiger partial charge in [-0.1, -0.05) is 50.1 Å². The second-order valence-electron chi connectivity index (χ2n) is 12.1. The van der Waals surface area contributed by atoms with Gasteiger partial charge in [-0.3, -0.25) is 9.52 Å². The minimum atomic E-state index is -1.52. The highest BCUT2D eigenvalue weighted by molar-refractivity contribution is 7.84.